The van der Waals surface area contributed by atoms with Crippen molar-refractivity contribution in [3.63, 3.8) is 0 Å². The summed E-state index contributed by atoms with van der Waals surface area (Å²) in [5.41, 5.74) is 5.35. The smallest absolute Gasteiger partial charge is 0.280 e. The molecular formula is C46H51F2N11O4. The van der Waals surface area contributed by atoms with Crippen LogP contribution >= 0.6 is 0 Å². The van der Waals surface area contributed by atoms with Crippen molar-refractivity contribution in [2.24, 2.45) is 18.0 Å². The number of pyridine rings is 1. The van der Waals surface area contributed by atoms with E-state index in [0.29, 0.717) is 73.7 Å². The molecular weight excluding hydrogens is 809 g/mol. The van der Waals surface area contributed by atoms with Crippen LogP contribution in [-0.4, -0.2) is 101 Å². The number of nitriles is 1. The van der Waals surface area contributed by atoms with Crippen molar-refractivity contribution in [2.75, 3.05) is 65.9 Å². The number of benzene rings is 2. The second kappa shape index (κ2) is 17.4. The summed E-state index contributed by atoms with van der Waals surface area (Å²) in [6.07, 6.45) is 5.39. The number of anilines is 4. The number of carbonyl (C=O) groups is 3. The third kappa shape index (κ3) is 8.43. The van der Waals surface area contributed by atoms with Crippen LogP contribution in [0.4, 0.5) is 31.5 Å². The highest BCUT2D eigenvalue weighted by atomic mass is 19.1. The number of hydrogen-bond acceptors (Lipinski definition) is 12. The van der Waals surface area contributed by atoms with Gasteiger partial charge in [-0.05, 0) is 87.4 Å². The average Bonchev–Trinajstić information content (AvgIpc) is 3.80. The van der Waals surface area contributed by atoms with Crippen LogP contribution in [0.15, 0.2) is 53.7 Å². The fourth-order valence-electron chi connectivity index (χ4n) is 9.87. The van der Waals surface area contributed by atoms with E-state index in [2.05, 4.69) is 60.6 Å². The minimum atomic E-state index is -1.04. The van der Waals surface area contributed by atoms with Crippen molar-refractivity contribution in [1.29, 1.82) is 5.26 Å². The molecule has 5 aliphatic rings. The van der Waals surface area contributed by atoms with E-state index in [1.165, 1.54) is 12.1 Å². The second-order valence-corrected chi connectivity index (χ2v) is 17.4. The van der Waals surface area contributed by atoms with Crippen molar-refractivity contribution >= 4 is 46.4 Å². The van der Waals surface area contributed by atoms with Gasteiger partial charge in [0.2, 0.25) is 23.7 Å². The van der Waals surface area contributed by atoms with Crippen LogP contribution in [0.5, 0.6) is 5.88 Å². The minimum absolute atomic E-state index is 0.0271. The highest BCUT2D eigenvalue weighted by Gasteiger charge is 2.37. The number of amides is 3. The molecule has 9 rings (SSSR count). The molecule has 0 saturated carbocycles. The molecule has 4 aromatic rings. The Labute approximate surface area is 364 Å². The average molecular weight is 860 g/mol. The maximum Gasteiger partial charge on any atom is 0.280 e. The molecule has 17 heteroatoms. The Morgan fingerprint density at radius 2 is 1.71 bits per heavy atom. The van der Waals surface area contributed by atoms with Gasteiger partial charge in [-0.3, -0.25) is 29.6 Å². The standard InChI is InChI=1S/C46H51F2N11O4/c1-27-5-4-18-63-45-35(24-50-55(45)3)39-20-29(19-28(2)51-39)43(61)54-46-52-38-8-6-31(23-40(38)59(46)25-27)57-16-17-58(32(26-57)10-13-49)30-11-14-56(15-12-30)33-21-36(47)42(37(48)22-33)34-7-9-41(60)53-44(34)62/h6,8,19-24,27,30,32,34H,4-5,7,9-12,14-18,25-26H2,1-3H3,(H,52,54,61)(H,53,60,62)/t27-,32+,34-/m1/s1. The number of nitrogens with zero attached hydrogens (tertiary/aromatic N) is 9. The van der Waals surface area contributed by atoms with E-state index in [1.54, 1.807) is 23.0 Å². The van der Waals surface area contributed by atoms with Gasteiger partial charge in [0.05, 0.1) is 53.8 Å². The molecule has 3 fully saturated rings. The van der Waals surface area contributed by atoms with E-state index in [0.717, 1.165) is 61.4 Å². The van der Waals surface area contributed by atoms with E-state index >= 15 is 8.78 Å². The summed E-state index contributed by atoms with van der Waals surface area (Å²) in [5.74, 6) is -2.80. The number of aliphatic imine (C=N–C) groups is 1. The lowest BCUT2D eigenvalue weighted by molar-refractivity contribution is -0.134. The van der Waals surface area contributed by atoms with Gasteiger partial charge in [0, 0.05) is 93.0 Å². The molecule has 63 heavy (non-hydrogen) atoms. The van der Waals surface area contributed by atoms with Gasteiger partial charge in [0.15, 0.2) is 0 Å². The van der Waals surface area contributed by atoms with Gasteiger partial charge in [0.1, 0.15) is 11.6 Å². The number of piperidine rings is 2. The van der Waals surface area contributed by atoms with Crippen molar-refractivity contribution in [2.45, 2.75) is 76.8 Å². The lowest BCUT2D eigenvalue weighted by Crippen LogP contribution is -2.58. The summed E-state index contributed by atoms with van der Waals surface area (Å²) in [6.45, 7) is 8.47. The summed E-state index contributed by atoms with van der Waals surface area (Å²) in [4.78, 5) is 56.1. The first-order valence-electron chi connectivity index (χ1n) is 21.8. The van der Waals surface area contributed by atoms with Gasteiger partial charge < -0.3 is 24.8 Å². The molecule has 0 aliphatic carbocycles. The molecule has 2 aromatic carbocycles. The van der Waals surface area contributed by atoms with Gasteiger partial charge in [-0.1, -0.05) is 6.92 Å². The first-order valence-corrected chi connectivity index (χ1v) is 21.8. The second-order valence-electron chi connectivity index (χ2n) is 17.4. The summed E-state index contributed by atoms with van der Waals surface area (Å²) in [7, 11) is 1.83. The lowest BCUT2D eigenvalue weighted by Gasteiger charge is -2.48. The molecule has 328 valence electrons. The maximum absolute atomic E-state index is 15.4. The van der Waals surface area contributed by atoms with Gasteiger partial charge >= 0.3 is 0 Å². The van der Waals surface area contributed by atoms with Gasteiger partial charge in [-0.25, -0.2) is 13.5 Å². The number of piperazine rings is 1. The van der Waals surface area contributed by atoms with Crippen molar-refractivity contribution in [3.8, 4) is 23.2 Å². The summed E-state index contributed by atoms with van der Waals surface area (Å²) >= 11 is 0. The SMILES string of the molecule is Cc1cc2cc(n1)-c1cnn(C)c1OCCC[C@@H](C)CN1/C(=N/C2=O)Nc2ccc(N3CCN(C4CCN(c5cc(F)c([C@H]6CCC(=O)NC6=O)c(F)c5)CC4)[C@@H](CC#N)C3)cc21. The zero-order chi connectivity index (χ0) is 43.9. The third-order valence-corrected chi connectivity index (χ3v) is 13.1. The summed E-state index contributed by atoms with van der Waals surface area (Å²) < 4.78 is 38.7. The number of fused-ring (bicyclic) bond motifs is 7. The molecule has 3 amide bonds. The molecule has 0 radical (unpaired) electrons. The van der Waals surface area contributed by atoms with Crippen molar-refractivity contribution in [3.05, 3.63) is 77.1 Å². The quantitative estimate of drug-likeness (QED) is 0.229. The van der Waals surface area contributed by atoms with Gasteiger partial charge in [-0.15, -0.1) is 0 Å². The van der Waals surface area contributed by atoms with Crippen LogP contribution in [0.1, 0.15) is 79.4 Å². The van der Waals surface area contributed by atoms with Crippen molar-refractivity contribution < 1.29 is 27.9 Å². The Balaban J connectivity index is 0.898. The lowest BCUT2D eigenvalue weighted by atomic mass is 9.89. The largest absolute Gasteiger partial charge is 0.477 e. The number of imide groups is 1. The number of carbonyl (C=O) groups excluding carboxylic acids is 3. The Morgan fingerprint density at radius 1 is 0.921 bits per heavy atom. The molecule has 15 nitrogen and oxygen atoms in total. The van der Waals surface area contributed by atoms with Crippen LogP contribution in [-0.2, 0) is 16.6 Å². The Kier molecular flexibility index (Phi) is 11.6. The predicted octanol–water partition coefficient (Wildman–Crippen LogP) is 5.90. The number of rotatable bonds is 5. The predicted molar refractivity (Wildman–Crippen MR) is 234 cm³/mol. The Bertz CT molecular complexity index is 2510. The number of halogens is 2. The van der Waals surface area contributed by atoms with Gasteiger partial charge in [0.25, 0.3) is 5.91 Å². The number of nitrogens with one attached hydrogen (secondary N) is 2. The number of ether oxygens (including phenoxy) is 1. The number of guanidine groups is 1. The third-order valence-electron chi connectivity index (χ3n) is 13.1. The molecule has 3 saturated heterocycles. The summed E-state index contributed by atoms with van der Waals surface area (Å²) in [5, 5.41) is 20.0. The van der Waals surface area contributed by atoms with Crippen molar-refractivity contribution in [1.82, 2.24) is 25.0 Å². The summed E-state index contributed by atoms with van der Waals surface area (Å²) in [6, 6.07) is 14.9. The molecule has 2 bridgehead atoms. The normalized spacial score (nSPS) is 23.2. The fraction of sp³-hybridized carbons (Fsp3) is 0.457. The molecule has 2 N–H and O–H groups in total. The zero-order valence-electron chi connectivity index (χ0n) is 35.7. The monoisotopic (exact) mass is 859 g/mol. The Hall–Kier alpha value is -6.41. The van der Waals surface area contributed by atoms with Crippen LogP contribution in [0.25, 0.3) is 11.3 Å². The first-order chi connectivity index (χ1) is 30.4. The van der Waals surface area contributed by atoms with E-state index in [-0.39, 0.29) is 42.3 Å². The van der Waals surface area contributed by atoms with Crippen LogP contribution < -0.4 is 30.1 Å². The molecule has 5 aliphatic heterocycles. The van der Waals surface area contributed by atoms with E-state index in [9.17, 15) is 19.6 Å². The number of aromatic nitrogens is 3. The van der Waals surface area contributed by atoms with Crippen LogP contribution in [0.2, 0.25) is 0 Å². The van der Waals surface area contributed by atoms with Gasteiger partial charge in [-0.2, -0.15) is 15.4 Å². The van der Waals surface area contributed by atoms with Crippen LogP contribution in [0.3, 0.4) is 0 Å². The molecule has 3 atom stereocenters. The number of aryl methyl sites for hydroxylation is 2. The van der Waals surface area contributed by atoms with Crippen LogP contribution in [0, 0.1) is 35.8 Å². The Morgan fingerprint density at radius 3 is 2.48 bits per heavy atom. The highest BCUT2D eigenvalue weighted by Crippen LogP contribution is 2.39. The fourth-order valence-corrected chi connectivity index (χ4v) is 9.87. The van der Waals surface area contributed by atoms with E-state index in [4.69, 9.17) is 9.72 Å². The zero-order valence-corrected chi connectivity index (χ0v) is 35.7. The minimum Gasteiger partial charge on any atom is -0.477 e. The maximum atomic E-state index is 15.4. The molecule has 2 aromatic heterocycles. The molecule has 7 heterocycles. The highest BCUT2D eigenvalue weighted by molar-refractivity contribution is 6.19. The number of hydrogen-bond donors (Lipinski definition) is 2. The van der Waals surface area contributed by atoms with E-state index < -0.39 is 29.4 Å². The first kappa shape index (κ1) is 41.9. The van der Waals surface area contributed by atoms with E-state index in [1.807, 2.05) is 24.9 Å². The molecule has 0 spiro atoms. The topological polar surface area (TPSA) is 164 Å². The molecule has 0 unspecified atom stereocenters.